The quantitative estimate of drug-likeness (QED) is 0.399. The topological polar surface area (TPSA) is 89.0 Å². The largest absolute Gasteiger partial charge is 0.444 e. The molecule has 0 aliphatic heterocycles. The maximum atomic E-state index is 14.0. The van der Waals surface area contributed by atoms with Gasteiger partial charge in [-0.15, -0.1) is 0 Å². The van der Waals surface area contributed by atoms with Gasteiger partial charge in [-0.2, -0.15) is 13.2 Å². The van der Waals surface area contributed by atoms with Crippen molar-refractivity contribution in [2.75, 3.05) is 0 Å². The Bertz CT molecular complexity index is 777. The van der Waals surface area contributed by atoms with Gasteiger partial charge < -0.3 is 9.47 Å². The van der Waals surface area contributed by atoms with E-state index in [1.165, 1.54) is 0 Å². The predicted octanol–water partition coefficient (Wildman–Crippen LogP) is 4.75. The molecule has 0 aromatic heterocycles. The fourth-order valence-electron chi connectivity index (χ4n) is 1.93. The van der Waals surface area contributed by atoms with Gasteiger partial charge in [0.15, 0.2) is 0 Å². The highest BCUT2D eigenvalue weighted by atomic mass is 19.4. The highest BCUT2D eigenvalue weighted by Gasteiger charge is 2.31. The zero-order chi connectivity index (χ0) is 23.3. The van der Waals surface area contributed by atoms with Crippen molar-refractivity contribution in [2.45, 2.75) is 65.5 Å². The number of amides is 2. The number of halogens is 4. The summed E-state index contributed by atoms with van der Waals surface area (Å²) in [5.41, 5.74) is -3.02. The standard InChI is InChI=1S/C19H25F4N3O4/c1-17(2,3)29-15(27)25-14(26-16(28)30-18(4,5)6)24-10-11-7-8-12(9-13(11)20)19(21,22)23/h7-9H,10H2,1-6H3,(H2,24,25,26,27,28). The summed E-state index contributed by atoms with van der Waals surface area (Å²) in [5, 5.41) is 4.38. The van der Waals surface area contributed by atoms with Crippen LogP contribution < -0.4 is 10.6 Å². The number of alkyl halides is 3. The van der Waals surface area contributed by atoms with Crippen LogP contribution in [0, 0.1) is 5.82 Å². The number of carbonyl (C=O) groups is 2. The second kappa shape index (κ2) is 9.31. The summed E-state index contributed by atoms with van der Waals surface area (Å²) < 4.78 is 62.1. The van der Waals surface area contributed by atoms with Crippen LogP contribution in [-0.2, 0) is 22.2 Å². The Morgan fingerprint density at radius 2 is 1.40 bits per heavy atom. The van der Waals surface area contributed by atoms with Crippen LogP contribution in [0.3, 0.4) is 0 Å². The van der Waals surface area contributed by atoms with E-state index in [2.05, 4.69) is 15.6 Å². The third kappa shape index (κ3) is 9.57. The van der Waals surface area contributed by atoms with Gasteiger partial charge in [-0.25, -0.2) is 19.0 Å². The molecule has 0 saturated heterocycles. The van der Waals surface area contributed by atoms with Gasteiger partial charge in [-0.05, 0) is 53.7 Å². The Morgan fingerprint density at radius 1 is 0.933 bits per heavy atom. The number of nitrogens with one attached hydrogen (secondary N) is 2. The number of ether oxygens (including phenoxy) is 2. The van der Waals surface area contributed by atoms with Crippen molar-refractivity contribution >= 4 is 18.1 Å². The van der Waals surface area contributed by atoms with E-state index in [0.717, 1.165) is 6.07 Å². The molecule has 1 aromatic carbocycles. The summed E-state index contributed by atoms with van der Waals surface area (Å²) in [7, 11) is 0. The second-order valence-electron chi connectivity index (χ2n) is 8.22. The molecule has 0 radical (unpaired) electrons. The number of carbonyl (C=O) groups excluding carboxylic acids is 2. The molecule has 168 valence electrons. The second-order valence-corrected chi connectivity index (χ2v) is 8.22. The van der Waals surface area contributed by atoms with Crippen LogP contribution in [0.5, 0.6) is 0 Å². The van der Waals surface area contributed by atoms with E-state index in [1.807, 2.05) is 0 Å². The summed E-state index contributed by atoms with van der Waals surface area (Å²) in [4.78, 5) is 27.8. The van der Waals surface area contributed by atoms with Gasteiger partial charge in [-0.1, -0.05) is 6.07 Å². The first-order valence-corrected chi connectivity index (χ1v) is 8.86. The molecule has 0 saturated carbocycles. The fourth-order valence-corrected chi connectivity index (χ4v) is 1.93. The smallest absolute Gasteiger partial charge is 0.416 e. The first-order chi connectivity index (χ1) is 13.5. The molecule has 7 nitrogen and oxygen atoms in total. The summed E-state index contributed by atoms with van der Waals surface area (Å²) in [6, 6.07) is 1.96. The van der Waals surface area contributed by atoms with Crippen LogP contribution in [-0.4, -0.2) is 29.3 Å². The minimum Gasteiger partial charge on any atom is -0.444 e. The number of nitrogens with zero attached hydrogens (tertiary/aromatic N) is 1. The molecule has 1 rings (SSSR count). The lowest BCUT2D eigenvalue weighted by molar-refractivity contribution is -0.137. The first kappa shape index (κ1) is 25.2. The SMILES string of the molecule is CC(C)(C)OC(=O)NC(=NCc1ccc(C(F)(F)F)cc1F)NC(=O)OC(C)(C)C. The van der Waals surface area contributed by atoms with Gasteiger partial charge in [0.05, 0.1) is 12.1 Å². The van der Waals surface area contributed by atoms with E-state index in [-0.39, 0.29) is 5.56 Å². The van der Waals surface area contributed by atoms with Crippen molar-refractivity contribution in [1.82, 2.24) is 10.6 Å². The monoisotopic (exact) mass is 435 g/mol. The number of benzene rings is 1. The molecule has 30 heavy (non-hydrogen) atoms. The number of aliphatic imine (C=N–C) groups is 1. The lowest BCUT2D eigenvalue weighted by Crippen LogP contribution is -2.47. The van der Waals surface area contributed by atoms with Gasteiger partial charge in [0.25, 0.3) is 0 Å². The van der Waals surface area contributed by atoms with Crippen LogP contribution in [0.15, 0.2) is 23.2 Å². The highest BCUT2D eigenvalue weighted by molar-refractivity contribution is 6.01. The van der Waals surface area contributed by atoms with Crippen LogP contribution in [0.4, 0.5) is 27.2 Å². The summed E-state index contributed by atoms with van der Waals surface area (Å²) in [6.07, 6.45) is -6.60. The van der Waals surface area contributed by atoms with E-state index in [4.69, 9.17) is 9.47 Å². The molecule has 2 amide bonds. The fraction of sp³-hybridized carbons (Fsp3) is 0.526. The molecule has 0 atom stereocenters. The van der Waals surface area contributed by atoms with Crippen LogP contribution in [0.25, 0.3) is 0 Å². The molecule has 0 aliphatic carbocycles. The van der Waals surface area contributed by atoms with Crippen LogP contribution in [0.1, 0.15) is 52.7 Å². The molecule has 0 unspecified atom stereocenters. The van der Waals surface area contributed by atoms with Gasteiger partial charge in [0.2, 0.25) is 5.96 Å². The third-order valence-corrected chi connectivity index (χ3v) is 3.03. The van der Waals surface area contributed by atoms with Crippen LogP contribution >= 0.6 is 0 Å². The predicted molar refractivity (Wildman–Crippen MR) is 101 cm³/mol. The van der Waals surface area contributed by atoms with Crippen LogP contribution in [0.2, 0.25) is 0 Å². The molecule has 0 heterocycles. The summed E-state index contributed by atoms with van der Waals surface area (Å²) in [5.74, 6) is -1.56. The molecule has 0 aliphatic rings. The molecular formula is C19H25F4N3O4. The van der Waals surface area contributed by atoms with Gasteiger partial charge >= 0.3 is 18.4 Å². The van der Waals surface area contributed by atoms with E-state index in [0.29, 0.717) is 12.1 Å². The summed E-state index contributed by atoms with van der Waals surface area (Å²) in [6.45, 7) is 9.21. The molecule has 2 N–H and O–H groups in total. The average Bonchev–Trinajstić information content (AvgIpc) is 2.48. The van der Waals surface area contributed by atoms with Crippen molar-refractivity contribution in [3.8, 4) is 0 Å². The van der Waals surface area contributed by atoms with E-state index in [9.17, 15) is 27.2 Å². The number of guanidine groups is 1. The molecule has 1 aromatic rings. The van der Waals surface area contributed by atoms with Gasteiger partial charge in [-0.3, -0.25) is 10.6 Å². The lowest BCUT2D eigenvalue weighted by atomic mass is 10.1. The molecule has 11 heteroatoms. The highest BCUT2D eigenvalue weighted by Crippen LogP contribution is 2.30. The number of hydrogen-bond acceptors (Lipinski definition) is 5. The zero-order valence-electron chi connectivity index (χ0n) is 17.5. The Labute approximate surface area is 171 Å². The Morgan fingerprint density at radius 3 is 1.77 bits per heavy atom. The van der Waals surface area contributed by atoms with Gasteiger partial charge in [0.1, 0.15) is 17.0 Å². The molecular weight excluding hydrogens is 410 g/mol. The van der Waals surface area contributed by atoms with Crippen molar-refractivity contribution < 1.29 is 36.6 Å². The molecule has 0 bridgehead atoms. The Balaban J connectivity index is 3.04. The normalized spacial score (nSPS) is 12.1. The Kier molecular flexibility index (Phi) is 7.82. The lowest BCUT2D eigenvalue weighted by Gasteiger charge is -2.22. The van der Waals surface area contributed by atoms with E-state index >= 15 is 0 Å². The van der Waals surface area contributed by atoms with E-state index < -0.39 is 53.4 Å². The maximum absolute atomic E-state index is 14.0. The first-order valence-electron chi connectivity index (χ1n) is 8.86. The molecule has 0 fully saturated rings. The van der Waals surface area contributed by atoms with E-state index in [1.54, 1.807) is 41.5 Å². The maximum Gasteiger partial charge on any atom is 0.416 e. The number of rotatable bonds is 2. The summed E-state index contributed by atoms with van der Waals surface area (Å²) >= 11 is 0. The van der Waals surface area contributed by atoms with Crippen molar-refractivity contribution in [3.05, 3.63) is 35.1 Å². The average molecular weight is 435 g/mol. The zero-order valence-corrected chi connectivity index (χ0v) is 17.5. The number of alkyl carbamates (subject to hydrolysis) is 2. The van der Waals surface area contributed by atoms with Crippen molar-refractivity contribution in [1.29, 1.82) is 0 Å². The Hall–Kier alpha value is -2.85. The van der Waals surface area contributed by atoms with Crippen molar-refractivity contribution in [3.63, 3.8) is 0 Å². The van der Waals surface area contributed by atoms with Crippen molar-refractivity contribution in [2.24, 2.45) is 4.99 Å². The minimum atomic E-state index is -4.69. The third-order valence-electron chi connectivity index (χ3n) is 3.03. The van der Waals surface area contributed by atoms with Gasteiger partial charge in [0, 0.05) is 5.56 Å². The minimum absolute atomic E-state index is 0.183. The number of hydrogen-bond donors (Lipinski definition) is 2. The molecule has 0 spiro atoms.